The third kappa shape index (κ3) is 6.53. The third-order valence-electron chi connectivity index (χ3n) is 3.38. The Morgan fingerprint density at radius 1 is 1.04 bits per heavy atom. The van der Waals surface area contributed by atoms with E-state index in [0.717, 1.165) is 17.7 Å². The lowest BCUT2D eigenvalue weighted by molar-refractivity contribution is -0.113. The van der Waals surface area contributed by atoms with Crippen LogP contribution in [0.1, 0.15) is 19.8 Å². The standard InChI is InChI=1S/C18H22N2O3S2/c1-2-3-13-19-25(22,23)17-11-9-15(10-12-17)20-18(21)14-24-16-7-5-4-6-8-16/h4-12,19H,2-3,13-14H2,1H3,(H,20,21). The average Bonchev–Trinajstić information content (AvgIpc) is 2.61. The van der Waals surface area contributed by atoms with E-state index < -0.39 is 10.0 Å². The number of nitrogens with one attached hydrogen (secondary N) is 2. The predicted octanol–water partition coefficient (Wildman–Crippen LogP) is 3.50. The van der Waals surface area contributed by atoms with E-state index in [-0.39, 0.29) is 10.8 Å². The maximum atomic E-state index is 12.1. The fourth-order valence-corrected chi connectivity index (χ4v) is 3.84. The number of carbonyl (C=O) groups is 1. The summed E-state index contributed by atoms with van der Waals surface area (Å²) in [7, 11) is -3.49. The molecule has 25 heavy (non-hydrogen) atoms. The minimum atomic E-state index is -3.49. The number of rotatable bonds is 9. The Kier molecular flexibility index (Phi) is 7.49. The number of carbonyl (C=O) groups excluding carboxylic acids is 1. The number of hydrogen-bond donors (Lipinski definition) is 2. The van der Waals surface area contributed by atoms with E-state index in [2.05, 4.69) is 10.0 Å². The monoisotopic (exact) mass is 378 g/mol. The summed E-state index contributed by atoms with van der Waals surface area (Å²) >= 11 is 1.45. The average molecular weight is 379 g/mol. The minimum Gasteiger partial charge on any atom is -0.325 e. The Morgan fingerprint density at radius 3 is 2.36 bits per heavy atom. The summed E-state index contributed by atoms with van der Waals surface area (Å²) < 4.78 is 26.8. The highest BCUT2D eigenvalue weighted by molar-refractivity contribution is 8.00. The molecule has 0 atom stereocenters. The van der Waals surface area contributed by atoms with Crippen LogP contribution in [-0.4, -0.2) is 26.6 Å². The van der Waals surface area contributed by atoms with Crippen molar-refractivity contribution in [3.05, 3.63) is 54.6 Å². The molecule has 0 unspecified atom stereocenters. The van der Waals surface area contributed by atoms with Crippen LogP contribution in [0.2, 0.25) is 0 Å². The van der Waals surface area contributed by atoms with Crippen molar-refractivity contribution in [3.63, 3.8) is 0 Å². The number of anilines is 1. The van der Waals surface area contributed by atoms with Gasteiger partial charge in [0.05, 0.1) is 10.6 Å². The molecule has 0 aromatic heterocycles. The molecule has 0 radical (unpaired) electrons. The molecule has 0 spiro atoms. The zero-order chi connectivity index (χ0) is 18.1. The SMILES string of the molecule is CCCCNS(=O)(=O)c1ccc(NC(=O)CSc2ccccc2)cc1. The van der Waals surface area contributed by atoms with Gasteiger partial charge in [-0.3, -0.25) is 4.79 Å². The zero-order valence-corrected chi connectivity index (χ0v) is 15.7. The number of amides is 1. The first-order chi connectivity index (χ1) is 12.0. The number of sulfonamides is 1. The molecule has 0 fully saturated rings. The number of thioether (sulfide) groups is 1. The summed E-state index contributed by atoms with van der Waals surface area (Å²) in [5.74, 6) is 0.161. The van der Waals surface area contributed by atoms with Crippen LogP contribution < -0.4 is 10.0 Å². The van der Waals surface area contributed by atoms with E-state index in [0.29, 0.717) is 18.0 Å². The van der Waals surface area contributed by atoms with Crippen molar-refractivity contribution in [2.45, 2.75) is 29.6 Å². The maximum absolute atomic E-state index is 12.1. The maximum Gasteiger partial charge on any atom is 0.240 e. The molecule has 2 aromatic carbocycles. The topological polar surface area (TPSA) is 75.3 Å². The van der Waals surface area contributed by atoms with E-state index in [9.17, 15) is 13.2 Å². The van der Waals surface area contributed by atoms with Gasteiger partial charge >= 0.3 is 0 Å². The highest BCUT2D eigenvalue weighted by Gasteiger charge is 2.13. The first kappa shape index (κ1) is 19.5. The summed E-state index contributed by atoms with van der Waals surface area (Å²) in [6, 6.07) is 15.9. The molecule has 0 bridgehead atoms. The van der Waals surface area contributed by atoms with Crippen LogP contribution in [0.3, 0.4) is 0 Å². The van der Waals surface area contributed by atoms with E-state index in [1.807, 2.05) is 37.3 Å². The second kappa shape index (κ2) is 9.60. The van der Waals surface area contributed by atoms with Gasteiger partial charge in [-0.1, -0.05) is 31.5 Å². The molecule has 0 aliphatic rings. The largest absolute Gasteiger partial charge is 0.325 e. The van der Waals surface area contributed by atoms with Crippen molar-refractivity contribution >= 4 is 33.4 Å². The molecule has 7 heteroatoms. The second-order valence-corrected chi connectivity index (χ2v) is 8.24. The van der Waals surface area contributed by atoms with E-state index in [1.54, 1.807) is 12.1 Å². The Labute approximate surface area is 153 Å². The number of unbranched alkanes of at least 4 members (excludes halogenated alkanes) is 1. The van der Waals surface area contributed by atoms with Gasteiger partial charge < -0.3 is 5.32 Å². The van der Waals surface area contributed by atoms with Gasteiger partial charge in [-0.25, -0.2) is 13.1 Å². The Hall–Kier alpha value is -1.83. The predicted molar refractivity (Wildman–Crippen MR) is 102 cm³/mol. The molecule has 0 saturated carbocycles. The molecule has 0 saturated heterocycles. The highest BCUT2D eigenvalue weighted by Crippen LogP contribution is 2.18. The van der Waals surface area contributed by atoms with Crippen LogP contribution in [0, 0.1) is 0 Å². The molecule has 134 valence electrons. The molecule has 1 amide bonds. The van der Waals surface area contributed by atoms with Crippen LogP contribution >= 0.6 is 11.8 Å². The molecule has 2 aromatic rings. The smallest absolute Gasteiger partial charge is 0.240 e. The quantitative estimate of drug-likeness (QED) is 0.517. The molecule has 2 rings (SSSR count). The lowest BCUT2D eigenvalue weighted by Crippen LogP contribution is -2.24. The molecular weight excluding hydrogens is 356 g/mol. The number of benzene rings is 2. The minimum absolute atomic E-state index is 0.134. The molecule has 0 aliphatic carbocycles. The summed E-state index contributed by atoms with van der Waals surface area (Å²) in [5, 5.41) is 2.77. The molecule has 5 nitrogen and oxygen atoms in total. The van der Waals surface area contributed by atoms with Gasteiger partial charge in [-0.15, -0.1) is 11.8 Å². The van der Waals surface area contributed by atoms with Gasteiger partial charge in [0.1, 0.15) is 0 Å². The van der Waals surface area contributed by atoms with Crippen molar-refractivity contribution in [3.8, 4) is 0 Å². The lowest BCUT2D eigenvalue weighted by atomic mass is 10.3. The highest BCUT2D eigenvalue weighted by atomic mass is 32.2. The lowest BCUT2D eigenvalue weighted by Gasteiger charge is -2.08. The third-order valence-corrected chi connectivity index (χ3v) is 5.87. The summed E-state index contributed by atoms with van der Waals surface area (Å²) in [4.78, 5) is 13.2. The van der Waals surface area contributed by atoms with E-state index in [1.165, 1.54) is 23.9 Å². The van der Waals surface area contributed by atoms with Gasteiger partial charge in [0.25, 0.3) is 0 Å². The van der Waals surface area contributed by atoms with Crippen LogP contribution in [0.15, 0.2) is 64.4 Å². The first-order valence-electron chi connectivity index (χ1n) is 8.08. The van der Waals surface area contributed by atoms with Gasteiger partial charge in [-0.05, 0) is 42.8 Å². The summed E-state index contributed by atoms with van der Waals surface area (Å²) in [6.07, 6.45) is 1.72. The Morgan fingerprint density at radius 2 is 1.72 bits per heavy atom. The normalized spacial score (nSPS) is 11.2. The fraction of sp³-hybridized carbons (Fsp3) is 0.278. The van der Waals surface area contributed by atoms with Crippen molar-refractivity contribution < 1.29 is 13.2 Å². The van der Waals surface area contributed by atoms with Gasteiger partial charge in [0.15, 0.2) is 0 Å². The first-order valence-corrected chi connectivity index (χ1v) is 10.6. The van der Waals surface area contributed by atoms with Gasteiger partial charge in [0.2, 0.25) is 15.9 Å². The van der Waals surface area contributed by atoms with E-state index in [4.69, 9.17) is 0 Å². The zero-order valence-electron chi connectivity index (χ0n) is 14.1. The summed E-state index contributed by atoms with van der Waals surface area (Å²) in [5.41, 5.74) is 0.575. The van der Waals surface area contributed by atoms with Crippen LogP contribution in [0.25, 0.3) is 0 Å². The second-order valence-electron chi connectivity index (χ2n) is 5.43. The van der Waals surface area contributed by atoms with Crippen molar-refractivity contribution in [2.24, 2.45) is 0 Å². The van der Waals surface area contributed by atoms with Gasteiger partial charge in [0, 0.05) is 17.1 Å². The number of hydrogen-bond acceptors (Lipinski definition) is 4. The van der Waals surface area contributed by atoms with Crippen molar-refractivity contribution in [1.29, 1.82) is 0 Å². The van der Waals surface area contributed by atoms with Gasteiger partial charge in [-0.2, -0.15) is 0 Å². The van der Waals surface area contributed by atoms with Crippen molar-refractivity contribution in [1.82, 2.24) is 4.72 Å². The molecule has 0 heterocycles. The molecule has 0 aliphatic heterocycles. The van der Waals surface area contributed by atoms with Crippen LogP contribution in [0.4, 0.5) is 5.69 Å². The Balaban J connectivity index is 1.88. The van der Waals surface area contributed by atoms with Crippen molar-refractivity contribution in [2.75, 3.05) is 17.6 Å². The summed E-state index contributed by atoms with van der Waals surface area (Å²) in [6.45, 7) is 2.43. The molecule has 2 N–H and O–H groups in total. The van der Waals surface area contributed by atoms with Crippen LogP contribution in [-0.2, 0) is 14.8 Å². The van der Waals surface area contributed by atoms with Crippen LogP contribution in [0.5, 0.6) is 0 Å². The molecular formula is C18H22N2O3S2. The fourth-order valence-electron chi connectivity index (χ4n) is 2.05. The Bertz CT molecular complexity index is 776. The van der Waals surface area contributed by atoms with E-state index >= 15 is 0 Å².